The zero-order chi connectivity index (χ0) is 15.2. The first kappa shape index (κ1) is 14.8. The first-order chi connectivity index (χ1) is 10.8. The second-order valence-electron chi connectivity index (χ2n) is 5.02. The number of thioether (sulfide) groups is 1. The Labute approximate surface area is 133 Å². The fourth-order valence-corrected chi connectivity index (χ4v) is 3.10. The van der Waals surface area contributed by atoms with Crippen molar-refractivity contribution in [1.29, 1.82) is 0 Å². The Balaban J connectivity index is 1.41. The second-order valence-corrected chi connectivity index (χ2v) is 6.12. The monoisotopic (exact) mass is 314 g/mol. The second kappa shape index (κ2) is 7.22. The lowest BCUT2D eigenvalue weighted by molar-refractivity contribution is -0.120. The Kier molecular flexibility index (Phi) is 4.85. The minimum absolute atomic E-state index is 0.0587. The van der Waals surface area contributed by atoms with Crippen LogP contribution in [0.25, 0.3) is 10.9 Å². The zero-order valence-electron chi connectivity index (χ0n) is 12.2. The standard InChI is InChI=1S/C17H18N2O2S/c20-17(18-7-9-22-12-14-4-3-8-21-14)10-13-11-19-16-6-2-1-5-15(13)16/h1-6,8,11,19H,7,9-10,12H2,(H,18,20). The number of hydrogen-bond donors (Lipinski definition) is 2. The molecular weight excluding hydrogens is 296 g/mol. The van der Waals surface area contributed by atoms with E-state index in [1.54, 1.807) is 18.0 Å². The molecule has 0 saturated heterocycles. The maximum absolute atomic E-state index is 12.0. The molecule has 0 fully saturated rings. The number of nitrogens with one attached hydrogen (secondary N) is 2. The number of fused-ring (bicyclic) bond motifs is 1. The molecule has 0 radical (unpaired) electrons. The fraction of sp³-hybridized carbons (Fsp3) is 0.235. The number of carbonyl (C=O) groups is 1. The van der Waals surface area contributed by atoms with Crippen molar-refractivity contribution in [3.05, 3.63) is 60.2 Å². The number of amides is 1. The van der Waals surface area contributed by atoms with E-state index < -0.39 is 0 Å². The van der Waals surface area contributed by atoms with E-state index in [1.165, 1.54) is 0 Å². The summed E-state index contributed by atoms with van der Waals surface area (Å²) in [4.78, 5) is 15.2. The SMILES string of the molecule is O=C(Cc1c[nH]c2ccccc12)NCCSCc1ccco1. The van der Waals surface area contributed by atoms with Crippen LogP contribution in [-0.2, 0) is 17.0 Å². The summed E-state index contributed by atoms with van der Waals surface area (Å²) >= 11 is 1.75. The molecule has 5 heteroatoms. The first-order valence-corrected chi connectivity index (χ1v) is 8.40. The summed E-state index contributed by atoms with van der Waals surface area (Å²) < 4.78 is 5.26. The third-order valence-corrected chi connectivity index (χ3v) is 4.40. The third kappa shape index (κ3) is 3.74. The number of benzene rings is 1. The number of aromatic nitrogens is 1. The molecule has 0 spiro atoms. The number of aromatic amines is 1. The molecule has 0 bridgehead atoms. The minimum atomic E-state index is 0.0587. The van der Waals surface area contributed by atoms with Gasteiger partial charge in [0, 0.05) is 29.4 Å². The van der Waals surface area contributed by atoms with Crippen LogP contribution in [0.1, 0.15) is 11.3 Å². The summed E-state index contributed by atoms with van der Waals surface area (Å²) in [6.07, 6.45) is 4.00. The molecular formula is C17H18N2O2S. The van der Waals surface area contributed by atoms with Crippen molar-refractivity contribution < 1.29 is 9.21 Å². The van der Waals surface area contributed by atoms with Gasteiger partial charge in [-0.05, 0) is 23.8 Å². The Morgan fingerprint density at radius 1 is 1.23 bits per heavy atom. The van der Waals surface area contributed by atoms with Gasteiger partial charge in [-0.2, -0.15) is 11.8 Å². The van der Waals surface area contributed by atoms with Crippen LogP contribution >= 0.6 is 11.8 Å². The van der Waals surface area contributed by atoms with Gasteiger partial charge in [-0.3, -0.25) is 4.79 Å². The van der Waals surface area contributed by atoms with Crippen LogP contribution in [0, 0.1) is 0 Å². The van der Waals surface area contributed by atoms with Crippen molar-refractivity contribution in [3.8, 4) is 0 Å². The number of para-hydroxylation sites is 1. The van der Waals surface area contributed by atoms with E-state index in [2.05, 4.69) is 10.3 Å². The molecule has 2 N–H and O–H groups in total. The summed E-state index contributed by atoms with van der Waals surface area (Å²) in [5, 5.41) is 4.08. The molecule has 1 aromatic carbocycles. The normalized spacial score (nSPS) is 10.9. The maximum Gasteiger partial charge on any atom is 0.224 e. The highest BCUT2D eigenvalue weighted by molar-refractivity contribution is 7.98. The third-order valence-electron chi connectivity index (χ3n) is 3.42. The van der Waals surface area contributed by atoms with Crippen LogP contribution in [0.15, 0.2) is 53.3 Å². The van der Waals surface area contributed by atoms with Crippen molar-refractivity contribution >= 4 is 28.6 Å². The Morgan fingerprint density at radius 2 is 2.14 bits per heavy atom. The van der Waals surface area contributed by atoms with Crippen LogP contribution in [0.4, 0.5) is 0 Å². The fourth-order valence-electron chi connectivity index (χ4n) is 2.34. The molecule has 0 aliphatic heterocycles. The van der Waals surface area contributed by atoms with Crippen molar-refractivity contribution in [2.75, 3.05) is 12.3 Å². The van der Waals surface area contributed by atoms with Crippen molar-refractivity contribution in [2.24, 2.45) is 0 Å². The number of H-pyrrole nitrogens is 1. The van der Waals surface area contributed by atoms with Gasteiger partial charge in [0.05, 0.1) is 18.4 Å². The number of rotatable bonds is 7. The molecule has 3 aromatic rings. The molecule has 0 unspecified atom stereocenters. The van der Waals surface area contributed by atoms with Gasteiger partial charge >= 0.3 is 0 Å². The largest absolute Gasteiger partial charge is 0.468 e. The summed E-state index contributed by atoms with van der Waals surface area (Å²) in [5.41, 5.74) is 2.11. The first-order valence-electron chi connectivity index (χ1n) is 7.25. The smallest absolute Gasteiger partial charge is 0.224 e. The molecule has 4 nitrogen and oxygen atoms in total. The van der Waals surface area contributed by atoms with Crippen LogP contribution in [-0.4, -0.2) is 23.2 Å². The van der Waals surface area contributed by atoms with Gasteiger partial charge in [0.25, 0.3) is 0 Å². The van der Waals surface area contributed by atoms with Crippen LogP contribution in [0.3, 0.4) is 0 Å². The number of carbonyl (C=O) groups excluding carboxylic acids is 1. The molecule has 2 heterocycles. The van der Waals surface area contributed by atoms with E-state index in [4.69, 9.17) is 4.42 Å². The van der Waals surface area contributed by atoms with Gasteiger partial charge in [0.15, 0.2) is 0 Å². The minimum Gasteiger partial charge on any atom is -0.468 e. The zero-order valence-corrected chi connectivity index (χ0v) is 13.0. The Hall–Kier alpha value is -2.14. The predicted molar refractivity (Wildman–Crippen MR) is 89.9 cm³/mol. The van der Waals surface area contributed by atoms with E-state index >= 15 is 0 Å². The molecule has 2 aromatic heterocycles. The van der Waals surface area contributed by atoms with Crippen molar-refractivity contribution in [1.82, 2.24) is 10.3 Å². The molecule has 1 amide bonds. The topological polar surface area (TPSA) is 58.0 Å². The number of hydrogen-bond acceptors (Lipinski definition) is 3. The molecule has 22 heavy (non-hydrogen) atoms. The van der Waals surface area contributed by atoms with E-state index in [9.17, 15) is 4.79 Å². The molecule has 0 saturated carbocycles. The van der Waals surface area contributed by atoms with Gasteiger partial charge in [-0.1, -0.05) is 18.2 Å². The Bertz CT molecular complexity index is 734. The van der Waals surface area contributed by atoms with Gasteiger partial charge in [-0.15, -0.1) is 0 Å². The summed E-state index contributed by atoms with van der Waals surface area (Å²) in [7, 11) is 0. The van der Waals surface area contributed by atoms with Crippen molar-refractivity contribution in [3.63, 3.8) is 0 Å². The molecule has 114 valence electrons. The highest BCUT2D eigenvalue weighted by Crippen LogP contribution is 2.18. The van der Waals surface area contributed by atoms with Crippen LogP contribution in [0.2, 0.25) is 0 Å². The molecule has 0 aliphatic rings. The summed E-state index contributed by atoms with van der Waals surface area (Å²) in [5.74, 6) is 2.74. The predicted octanol–water partition coefficient (Wildman–Crippen LogP) is 3.35. The molecule has 3 rings (SSSR count). The van der Waals surface area contributed by atoms with E-state index in [1.807, 2.05) is 42.6 Å². The lowest BCUT2D eigenvalue weighted by atomic mass is 10.1. The van der Waals surface area contributed by atoms with Crippen LogP contribution < -0.4 is 5.32 Å². The quantitative estimate of drug-likeness (QED) is 0.658. The van der Waals surface area contributed by atoms with Gasteiger partial charge in [-0.25, -0.2) is 0 Å². The van der Waals surface area contributed by atoms with E-state index in [0.29, 0.717) is 13.0 Å². The highest BCUT2D eigenvalue weighted by atomic mass is 32.2. The average Bonchev–Trinajstić information content (AvgIpc) is 3.17. The van der Waals surface area contributed by atoms with E-state index in [0.717, 1.165) is 33.7 Å². The van der Waals surface area contributed by atoms with Crippen LogP contribution in [0.5, 0.6) is 0 Å². The highest BCUT2D eigenvalue weighted by Gasteiger charge is 2.08. The lowest BCUT2D eigenvalue weighted by Gasteiger charge is -2.04. The van der Waals surface area contributed by atoms with E-state index in [-0.39, 0.29) is 5.91 Å². The van der Waals surface area contributed by atoms with Crippen molar-refractivity contribution in [2.45, 2.75) is 12.2 Å². The summed E-state index contributed by atoms with van der Waals surface area (Å²) in [6.45, 7) is 0.673. The molecule has 0 aliphatic carbocycles. The summed E-state index contributed by atoms with van der Waals surface area (Å²) in [6, 6.07) is 11.9. The van der Waals surface area contributed by atoms with Gasteiger partial charge in [0.1, 0.15) is 5.76 Å². The maximum atomic E-state index is 12.0. The molecule has 0 atom stereocenters. The lowest BCUT2D eigenvalue weighted by Crippen LogP contribution is -2.27. The van der Waals surface area contributed by atoms with Gasteiger partial charge < -0.3 is 14.7 Å². The Morgan fingerprint density at radius 3 is 3.00 bits per heavy atom. The van der Waals surface area contributed by atoms with Gasteiger partial charge in [0.2, 0.25) is 5.91 Å². The average molecular weight is 314 g/mol. The number of furan rings is 1.